The Morgan fingerprint density at radius 3 is 2.19 bits per heavy atom. The summed E-state index contributed by atoms with van der Waals surface area (Å²) in [5.74, 6) is -0.852. The Morgan fingerprint density at radius 2 is 1.57 bits per heavy atom. The zero-order valence-electron chi connectivity index (χ0n) is 14.1. The van der Waals surface area contributed by atoms with Crippen LogP contribution in [0.5, 0.6) is 0 Å². The molecule has 0 fully saturated rings. The van der Waals surface area contributed by atoms with Crippen LogP contribution in [0.2, 0.25) is 0 Å². The number of allylic oxidation sites excluding steroid dienone is 2. The van der Waals surface area contributed by atoms with E-state index in [2.05, 4.69) is 32.6 Å². The van der Waals surface area contributed by atoms with E-state index in [4.69, 9.17) is 5.11 Å². The van der Waals surface area contributed by atoms with Crippen LogP contribution in [0.15, 0.2) is 24.3 Å². The first kappa shape index (κ1) is 19.9. The summed E-state index contributed by atoms with van der Waals surface area (Å²) in [4.78, 5) is 11.1. The van der Waals surface area contributed by atoms with E-state index in [-0.39, 0.29) is 5.92 Å². The second-order valence-electron chi connectivity index (χ2n) is 5.92. The van der Waals surface area contributed by atoms with Gasteiger partial charge in [-0.1, -0.05) is 83.9 Å². The van der Waals surface area contributed by atoms with Gasteiger partial charge in [0.05, 0.1) is 0 Å². The normalized spacial score (nSPS) is 12.7. The quantitative estimate of drug-likeness (QED) is 0.238. The lowest BCUT2D eigenvalue weighted by Gasteiger charge is -2.12. The van der Waals surface area contributed by atoms with Crippen molar-refractivity contribution in [2.24, 2.45) is 5.92 Å². The summed E-state index contributed by atoms with van der Waals surface area (Å²) in [7, 11) is 0. The molecule has 0 rings (SSSR count). The molecule has 0 radical (unpaired) electrons. The van der Waals surface area contributed by atoms with Gasteiger partial charge in [0.1, 0.15) is 0 Å². The molecule has 0 amide bonds. The lowest BCUT2D eigenvalue weighted by molar-refractivity contribution is -0.133. The molecule has 0 aliphatic rings. The van der Waals surface area contributed by atoms with Crippen molar-refractivity contribution in [3.63, 3.8) is 0 Å². The molecular weight excluding hydrogens is 260 g/mol. The minimum absolute atomic E-state index is 0.00846. The van der Waals surface area contributed by atoms with Gasteiger partial charge >= 0.3 is 5.97 Å². The van der Waals surface area contributed by atoms with Crippen molar-refractivity contribution in [3.8, 4) is 0 Å². The first-order valence-corrected chi connectivity index (χ1v) is 8.72. The van der Waals surface area contributed by atoms with Crippen LogP contribution in [-0.4, -0.2) is 11.1 Å². The van der Waals surface area contributed by atoms with Gasteiger partial charge in [-0.05, 0) is 19.3 Å². The molecule has 21 heavy (non-hydrogen) atoms. The van der Waals surface area contributed by atoms with E-state index >= 15 is 0 Å². The van der Waals surface area contributed by atoms with Gasteiger partial charge in [-0.3, -0.25) is 0 Å². The van der Waals surface area contributed by atoms with Crippen molar-refractivity contribution in [1.82, 2.24) is 0 Å². The molecule has 122 valence electrons. The second kappa shape index (κ2) is 13.9. The number of carbonyl (C=O) groups is 1. The SMILES string of the molecule is C=C(C(=O)O)C(/C=C\CCCCCCCC)CCCCC. The summed E-state index contributed by atoms with van der Waals surface area (Å²) in [6.07, 6.45) is 17.4. The molecule has 2 heteroatoms. The van der Waals surface area contributed by atoms with E-state index in [1.807, 2.05) is 0 Å². The van der Waals surface area contributed by atoms with Crippen molar-refractivity contribution in [2.45, 2.75) is 84.5 Å². The Kier molecular flexibility index (Phi) is 13.2. The van der Waals surface area contributed by atoms with E-state index in [0.717, 1.165) is 32.1 Å². The van der Waals surface area contributed by atoms with Crippen molar-refractivity contribution < 1.29 is 9.90 Å². The largest absolute Gasteiger partial charge is 0.478 e. The minimum atomic E-state index is -0.860. The Morgan fingerprint density at radius 1 is 1.00 bits per heavy atom. The molecule has 0 heterocycles. The lowest BCUT2D eigenvalue weighted by atomic mass is 9.93. The third-order valence-corrected chi connectivity index (χ3v) is 3.93. The first-order chi connectivity index (χ1) is 10.1. The van der Waals surface area contributed by atoms with Crippen molar-refractivity contribution in [2.75, 3.05) is 0 Å². The summed E-state index contributed by atoms with van der Waals surface area (Å²) in [6, 6.07) is 0. The number of rotatable bonds is 14. The van der Waals surface area contributed by atoms with Crippen LogP contribution in [0.1, 0.15) is 84.5 Å². The minimum Gasteiger partial charge on any atom is -0.478 e. The maximum absolute atomic E-state index is 11.1. The van der Waals surface area contributed by atoms with Gasteiger partial charge < -0.3 is 5.11 Å². The maximum Gasteiger partial charge on any atom is 0.331 e. The smallest absolute Gasteiger partial charge is 0.331 e. The summed E-state index contributed by atoms with van der Waals surface area (Å²) < 4.78 is 0. The predicted octanol–water partition coefficient (Wildman–Crippen LogP) is 6.13. The van der Waals surface area contributed by atoms with Crippen LogP contribution in [0.4, 0.5) is 0 Å². The van der Waals surface area contributed by atoms with Gasteiger partial charge in [-0.15, -0.1) is 0 Å². The maximum atomic E-state index is 11.1. The van der Waals surface area contributed by atoms with Gasteiger partial charge in [0.25, 0.3) is 0 Å². The Hall–Kier alpha value is -1.05. The molecule has 0 aliphatic carbocycles. The fraction of sp³-hybridized carbons (Fsp3) is 0.737. The summed E-state index contributed by atoms with van der Waals surface area (Å²) in [5, 5.41) is 9.10. The molecule has 1 atom stereocenters. The van der Waals surface area contributed by atoms with E-state index in [9.17, 15) is 4.79 Å². The standard InChI is InChI=1S/C19H34O2/c1-4-6-8-9-10-11-12-14-16-18(15-13-7-5-2)17(3)19(20)21/h14,16,18H,3-13,15H2,1-2H3,(H,20,21)/b16-14-. The van der Waals surface area contributed by atoms with Crippen molar-refractivity contribution in [3.05, 3.63) is 24.3 Å². The molecule has 0 aromatic rings. The molecular formula is C19H34O2. The van der Waals surface area contributed by atoms with Crippen LogP contribution < -0.4 is 0 Å². The fourth-order valence-electron chi connectivity index (χ4n) is 2.46. The first-order valence-electron chi connectivity index (χ1n) is 8.72. The van der Waals surface area contributed by atoms with E-state index in [1.165, 1.54) is 38.5 Å². The van der Waals surface area contributed by atoms with Crippen LogP contribution in [0.3, 0.4) is 0 Å². The van der Waals surface area contributed by atoms with Crippen LogP contribution >= 0.6 is 0 Å². The Balaban J connectivity index is 3.99. The van der Waals surface area contributed by atoms with E-state index in [1.54, 1.807) is 0 Å². The van der Waals surface area contributed by atoms with Gasteiger partial charge in [0.15, 0.2) is 0 Å². The molecule has 2 nitrogen and oxygen atoms in total. The molecule has 0 aromatic carbocycles. The summed E-state index contributed by atoms with van der Waals surface area (Å²) in [5.41, 5.74) is 0.338. The van der Waals surface area contributed by atoms with E-state index < -0.39 is 5.97 Å². The zero-order valence-corrected chi connectivity index (χ0v) is 14.1. The van der Waals surface area contributed by atoms with Crippen LogP contribution in [-0.2, 0) is 4.79 Å². The van der Waals surface area contributed by atoms with Crippen molar-refractivity contribution in [1.29, 1.82) is 0 Å². The molecule has 1 unspecified atom stereocenters. The zero-order chi connectivity index (χ0) is 15.9. The highest BCUT2D eigenvalue weighted by atomic mass is 16.4. The number of unbranched alkanes of at least 4 members (excludes halogenated alkanes) is 8. The Labute approximate surface area is 131 Å². The molecule has 0 bridgehead atoms. The highest BCUT2D eigenvalue weighted by Crippen LogP contribution is 2.20. The summed E-state index contributed by atoms with van der Waals surface area (Å²) in [6.45, 7) is 8.13. The van der Waals surface area contributed by atoms with Gasteiger partial charge in [0, 0.05) is 11.5 Å². The summed E-state index contributed by atoms with van der Waals surface area (Å²) >= 11 is 0. The number of carboxylic acids is 1. The monoisotopic (exact) mass is 294 g/mol. The van der Waals surface area contributed by atoms with Gasteiger partial charge in [0.2, 0.25) is 0 Å². The number of hydrogen-bond acceptors (Lipinski definition) is 1. The van der Waals surface area contributed by atoms with Gasteiger partial charge in [-0.2, -0.15) is 0 Å². The number of hydrogen-bond donors (Lipinski definition) is 1. The van der Waals surface area contributed by atoms with Crippen LogP contribution in [0, 0.1) is 5.92 Å². The molecule has 0 aliphatic heterocycles. The highest BCUT2D eigenvalue weighted by Gasteiger charge is 2.14. The molecule has 0 spiro atoms. The third kappa shape index (κ3) is 11.3. The third-order valence-electron chi connectivity index (χ3n) is 3.93. The lowest BCUT2D eigenvalue weighted by Crippen LogP contribution is -2.09. The molecule has 0 aromatic heterocycles. The number of aliphatic carboxylic acids is 1. The molecule has 0 saturated heterocycles. The second-order valence-corrected chi connectivity index (χ2v) is 5.92. The average Bonchev–Trinajstić information content (AvgIpc) is 2.47. The number of carboxylic acid groups (broad SMARTS) is 1. The highest BCUT2D eigenvalue weighted by molar-refractivity contribution is 5.86. The molecule has 1 N–H and O–H groups in total. The molecule has 0 saturated carbocycles. The van der Waals surface area contributed by atoms with Gasteiger partial charge in [-0.25, -0.2) is 4.79 Å². The van der Waals surface area contributed by atoms with Crippen LogP contribution in [0.25, 0.3) is 0 Å². The van der Waals surface area contributed by atoms with E-state index in [0.29, 0.717) is 5.57 Å². The average molecular weight is 294 g/mol. The Bertz CT molecular complexity index is 305. The fourth-order valence-corrected chi connectivity index (χ4v) is 2.46. The van der Waals surface area contributed by atoms with Crippen molar-refractivity contribution >= 4 is 5.97 Å². The topological polar surface area (TPSA) is 37.3 Å². The predicted molar refractivity (Wildman–Crippen MR) is 91.5 cm³/mol.